The van der Waals surface area contributed by atoms with E-state index in [0.717, 1.165) is 0 Å². The summed E-state index contributed by atoms with van der Waals surface area (Å²) in [4.78, 5) is 0. The van der Waals surface area contributed by atoms with Gasteiger partial charge in [0.25, 0.3) is 0 Å². The lowest BCUT2D eigenvalue weighted by Crippen LogP contribution is -1.88. The first-order valence-electron chi connectivity index (χ1n) is 5.14. The van der Waals surface area contributed by atoms with Gasteiger partial charge >= 0.3 is 0 Å². The predicted molar refractivity (Wildman–Crippen MR) is 58.8 cm³/mol. The molecule has 0 spiro atoms. The molecule has 0 fully saturated rings. The molecular formula is C13H19. The third kappa shape index (κ3) is 3.22. The Balaban J connectivity index is 2.56. The lowest BCUT2D eigenvalue weighted by atomic mass is 10.0. The fraction of sp³-hybridized carbons (Fsp3) is 0.462. The maximum Gasteiger partial charge on any atom is -0.00904 e. The summed E-state index contributed by atoms with van der Waals surface area (Å²) < 4.78 is 0. The van der Waals surface area contributed by atoms with Crippen LogP contribution in [0.4, 0.5) is 0 Å². The first-order valence-corrected chi connectivity index (χ1v) is 5.14. The zero-order chi connectivity index (χ0) is 9.68. The first kappa shape index (κ1) is 10.3. The molecule has 0 aliphatic heterocycles. The Labute approximate surface area is 82.0 Å². The molecule has 1 aromatic rings. The van der Waals surface area contributed by atoms with Crippen molar-refractivity contribution in [3.8, 4) is 0 Å². The van der Waals surface area contributed by atoms with Crippen molar-refractivity contribution in [2.24, 2.45) is 0 Å². The molecule has 0 aliphatic rings. The highest BCUT2D eigenvalue weighted by atomic mass is 14.0. The fourth-order valence-corrected chi connectivity index (χ4v) is 1.52. The van der Waals surface area contributed by atoms with Crippen LogP contribution < -0.4 is 0 Å². The first-order chi connectivity index (χ1) is 6.24. The molecule has 1 aromatic carbocycles. The van der Waals surface area contributed by atoms with E-state index >= 15 is 0 Å². The third-order valence-electron chi connectivity index (χ3n) is 2.35. The second-order valence-electron chi connectivity index (χ2n) is 3.71. The van der Waals surface area contributed by atoms with Crippen LogP contribution in [-0.2, 0) is 0 Å². The number of hydrogen-bond acceptors (Lipinski definition) is 0. The molecule has 0 saturated carbocycles. The van der Waals surface area contributed by atoms with Crippen LogP contribution >= 0.6 is 0 Å². The van der Waals surface area contributed by atoms with Crippen LogP contribution in [-0.4, -0.2) is 0 Å². The van der Waals surface area contributed by atoms with E-state index in [0.29, 0.717) is 0 Å². The van der Waals surface area contributed by atoms with Crippen LogP contribution in [0.15, 0.2) is 18.2 Å². The number of unbranched alkanes of at least 4 members (excludes halogenated alkanes) is 2. The topological polar surface area (TPSA) is 0 Å². The van der Waals surface area contributed by atoms with Crippen molar-refractivity contribution in [1.29, 1.82) is 0 Å². The molecule has 13 heavy (non-hydrogen) atoms. The van der Waals surface area contributed by atoms with Crippen LogP contribution in [0, 0.1) is 20.3 Å². The van der Waals surface area contributed by atoms with Gasteiger partial charge < -0.3 is 0 Å². The smallest absolute Gasteiger partial charge is 0.00904 e. The lowest BCUT2D eigenvalue weighted by molar-refractivity contribution is 0.790. The van der Waals surface area contributed by atoms with Gasteiger partial charge in [0.1, 0.15) is 0 Å². The zero-order valence-electron chi connectivity index (χ0n) is 8.93. The maximum absolute atomic E-state index is 2.35. The molecule has 0 bridgehead atoms. The number of rotatable bonds is 4. The van der Waals surface area contributed by atoms with Gasteiger partial charge in [-0.25, -0.2) is 0 Å². The van der Waals surface area contributed by atoms with E-state index in [9.17, 15) is 0 Å². The quantitative estimate of drug-likeness (QED) is 0.606. The van der Waals surface area contributed by atoms with Gasteiger partial charge in [-0.05, 0) is 37.8 Å². The van der Waals surface area contributed by atoms with Gasteiger partial charge in [0, 0.05) is 0 Å². The van der Waals surface area contributed by atoms with Gasteiger partial charge in [0.2, 0.25) is 0 Å². The molecule has 1 rings (SSSR count). The second kappa shape index (κ2) is 5.06. The Hall–Kier alpha value is -0.780. The van der Waals surface area contributed by atoms with Crippen LogP contribution in [0.25, 0.3) is 0 Å². The molecule has 71 valence electrons. The van der Waals surface area contributed by atoms with Crippen molar-refractivity contribution < 1.29 is 0 Å². The molecule has 0 aromatic heterocycles. The van der Waals surface area contributed by atoms with E-state index in [1.807, 2.05) is 0 Å². The average molecular weight is 175 g/mol. The van der Waals surface area contributed by atoms with Crippen molar-refractivity contribution >= 4 is 0 Å². The summed E-state index contributed by atoms with van der Waals surface area (Å²) in [6.07, 6.45) is 6.13. The van der Waals surface area contributed by atoms with E-state index < -0.39 is 0 Å². The second-order valence-corrected chi connectivity index (χ2v) is 3.71. The van der Waals surface area contributed by atoms with Crippen molar-refractivity contribution in [1.82, 2.24) is 0 Å². The maximum atomic E-state index is 2.35. The lowest BCUT2D eigenvalue weighted by Gasteiger charge is -2.05. The van der Waals surface area contributed by atoms with Crippen LogP contribution in [0.5, 0.6) is 0 Å². The van der Waals surface area contributed by atoms with Gasteiger partial charge in [0.15, 0.2) is 0 Å². The Bertz CT molecular complexity index is 261. The minimum Gasteiger partial charge on any atom is -0.0654 e. The molecule has 0 heteroatoms. The SMILES string of the molecule is CCCC[CH]c1ccc(C)cc1C. The van der Waals surface area contributed by atoms with Crippen molar-refractivity contribution in [3.05, 3.63) is 41.3 Å². The monoisotopic (exact) mass is 175 g/mol. The molecule has 0 nitrogen and oxygen atoms in total. The Morgan fingerprint density at radius 2 is 2.00 bits per heavy atom. The number of aryl methyl sites for hydroxylation is 2. The highest BCUT2D eigenvalue weighted by Gasteiger charge is 1.97. The van der Waals surface area contributed by atoms with Crippen molar-refractivity contribution in [3.63, 3.8) is 0 Å². The summed E-state index contributed by atoms with van der Waals surface area (Å²) in [7, 11) is 0. The summed E-state index contributed by atoms with van der Waals surface area (Å²) in [6.45, 7) is 6.56. The van der Waals surface area contributed by atoms with Gasteiger partial charge in [-0.1, -0.05) is 43.5 Å². The summed E-state index contributed by atoms with van der Waals surface area (Å²) >= 11 is 0. The fourth-order valence-electron chi connectivity index (χ4n) is 1.52. The molecule has 0 N–H and O–H groups in total. The predicted octanol–water partition coefficient (Wildman–Crippen LogP) is 4.05. The summed E-state index contributed by atoms with van der Waals surface area (Å²) in [5.41, 5.74) is 4.15. The van der Waals surface area contributed by atoms with Crippen LogP contribution in [0.1, 0.15) is 42.9 Å². The third-order valence-corrected chi connectivity index (χ3v) is 2.35. The normalized spacial score (nSPS) is 10.4. The van der Waals surface area contributed by atoms with Gasteiger partial charge in [-0.15, -0.1) is 0 Å². The van der Waals surface area contributed by atoms with E-state index in [1.54, 1.807) is 0 Å². The van der Waals surface area contributed by atoms with E-state index in [2.05, 4.69) is 45.4 Å². The Kier molecular flexibility index (Phi) is 4.01. The minimum atomic E-state index is 1.21. The highest BCUT2D eigenvalue weighted by Crippen LogP contribution is 2.15. The molecule has 0 aliphatic carbocycles. The summed E-state index contributed by atoms with van der Waals surface area (Å²) in [5, 5.41) is 0. The molecular weight excluding hydrogens is 156 g/mol. The van der Waals surface area contributed by atoms with Crippen molar-refractivity contribution in [2.75, 3.05) is 0 Å². The molecule has 0 atom stereocenters. The van der Waals surface area contributed by atoms with Crippen LogP contribution in [0.2, 0.25) is 0 Å². The number of benzene rings is 1. The summed E-state index contributed by atoms with van der Waals surface area (Å²) in [6, 6.07) is 6.66. The average Bonchev–Trinajstić information content (AvgIpc) is 2.09. The standard InChI is InChI=1S/C13H19/c1-4-5-6-7-13-9-8-11(2)10-12(13)3/h7-10H,4-6H2,1-3H3. The van der Waals surface area contributed by atoms with E-state index in [4.69, 9.17) is 0 Å². The summed E-state index contributed by atoms with van der Waals surface area (Å²) in [5.74, 6) is 0. The molecule has 0 unspecified atom stereocenters. The van der Waals surface area contributed by atoms with E-state index in [1.165, 1.54) is 36.0 Å². The Morgan fingerprint density at radius 3 is 2.62 bits per heavy atom. The molecule has 0 saturated heterocycles. The van der Waals surface area contributed by atoms with Gasteiger partial charge in [-0.3, -0.25) is 0 Å². The number of hydrogen-bond donors (Lipinski definition) is 0. The highest BCUT2D eigenvalue weighted by molar-refractivity contribution is 5.34. The molecule has 0 heterocycles. The zero-order valence-corrected chi connectivity index (χ0v) is 8.93. The van der Waals surface area contributed by atoms with Gasteiger partial charge in [0.05, 0.1) is 0 Å². The minimum absolute atomic E-state index is 1.21. The van der Waals surface area contributed by atoms with Gasteiger partial charge in [-0.2, -0.15) is 0 Å². The van der Waals surface area contributed by atoms with Crippen molar-refractivity contribution in [2.45, 2.75) is 40.0 Å². The van der Waals surface area contributed by atoms with E-state index in [-0.39, 0.29) is 0 Å². The largest absolute Gasteiger partial charge is 0.0654 e. The Morgan fingerprint density at radius 1 is 1.23 bits per heavy atom. The molecule has 1 radical (unpaired) electrons. The van der Waals surface area contributed by atoms with Crippen LogP contribution in [0.3, 0.4) is 0 Å². The molecule has 0 amide bonds.